The standard InChI is InChI=1S/C9H4Br3FO2/c10-6-2-1-4(7(11)8(6)12)5(3-13)9(14)15/h1-3H,(H,14,15)/p-1/b5-3-. The number of hydrogen-bond donors (Lipinski definition) is 0. The molecule has 6 heteroatoms. The quantitative estimate of drug-likeness (QED) is 0.564. The maximum Gasteiger partial charge on any atom is 0.0963 e. The van der Waals surface area contributed by atoms with Crippen LogP contribution in [0.3, 0.4) is 0 Å². The first-order valence-electron chi connectivity index (χ1n) is 3.64. The van der Waals surface area contributed by atoms with Gasteiger partial charge in [-0.25, -0.2) is 4.39 Å². The number of benzene rings is 1. The second-order valence-corrected chi connectivity index (χ2v) is 4.97. The fraction of sp³-hybridized carbons (Fsp3) is 0. The van der Waals surface area contributed by atoms with Crippen molar-refractivity contribution < 1.29 is 14.3 Å². The third-order valence-corrected chi connectivity index (χ3v) is 5.03. The zero-order valence-corrected chi connectivity index (χ0v) is 11.8. The van der Waals surface area contributed by atoms with E-state index < -0.39 is 11.5 Å². The molecule has 15 heavy (non-hydrogen) atoms. The van der Waals surface area contributed by atoms with Crippen molar-refractivity contribution >= 4 is 59.3 Å². The lowest BCUT2D eigenvalue weighted by atomic mass is 10.1. The van der Waals surface area contributed by atoms with Crippen LogP contribution < -0.4 is 5.11 Å². The monoisotopic (exact) mass is 399 g/mol. The highest BCUT2D eigenvalue weighted by atomic mass is 79.9. The van der Waals surface area contributed by atoms with E-state index in [0.717, 1.165) is 4.47 Å². The fourth-order valence-corrected chi connectivity index (χ4v) is 2.45. The summed E-state index contributed by atoms with van der Waals surface area (Å²) in [5, 5.41) is 10.6. The summed E-state index contributed by atoms with van der Waals surface area (Å²) < 4.78 is 14.2. The minimum Gasteiger partial charge on any atom is -0.545 e. The van der Waals surface area contributed by atoms with E-state index in [-0.39, 0.29) is 11.9 Å². The Morgan fingerprint density at radius 2 is 1.87 bits per heavy atom. The van der Waals surface area contributed by atoms with Crippen LogP contribution in [0.4, 0.5) is 4.39 Å². The van der Waals surface area contributed by atoms with Gasteiger partial charge in [0.15, 0.2) is 0 Å². The summed E-state index contributed by atoms with van der Waals surface area (Å²) in [7, 11) is 0. The van der Waals surface area contributed by atoms with Gasteiger partial charge in [0.1, 0.15) is 0 Å². The van der Waals surface area contributed by atoms with Crippen LogP contribution in [-0.2, 0) is 4.79 Å². The van der Waals surface area contributed by atoms with Crippen molar-refractivity contribution in [2.45, 2.75) is 0 Å². The molecule has 0 radical (unpaired) electrons. The van der Waals surface area contributed by atoms with E-state index >= 15 is 0 Å². The third-order valence-electron chi connectivity index (χ3n) is 1.65. The Bertz CT molecular complexity index is 443. The lowest BCUT2D eigenvalue weighted by molar-refractivity contribution is -0.295. The van der Waals surface area contributed by atoms with E-state index in [1.165, 1.54) is 6.07 Å². The van der Waals surface area contributed by atoms with E-state index in [9.17, 15) is 14.3 Å². The molecule has 0 spiro atoms. The Kier molecular flexibility index (Phi) is 4.48. The summed E-state index contributed by atoms with van der Waals surface area (Å²) in [6.07, 6.45) is 0.00969. The molecule has 2 nitrogen and oxygen atoms in total. The largest absolute Gasteiger partial charge is 0.545 e. The maximum absolute atomic E-state index is 12.4. The first kappa shape index (κ1) is 12.9. The third kappa shape index (κ3) is 2.68. The van der Waals surface area contributed by atoms with Gasteiger partial charge in [-0.2, -0.15) is 0 Å². The zero-order chi connectivity index (χ0) is 11.6. The van der Waals surface area contributed by atoms with Gasteiger partial charge in [-0.05, 0) is 53.9 Å². The highest BCUT2D eigenvalue weighted by Gasteiger charge is 2.12. The molecule has 0 saturated carbocycles. The van der Waals surface area contributed by atoms with Crippen molar-refractivity contribution in [1.82, 2.24) is 0 Å². The summed E-state index contributed by atoms with van der Waals surface area (Å²) >= 11 is 9.62. The van der Waals surface area contributed by atoms with Gasteiger partial charge in [0.05, 0.1) is 12.3 Å². The van der Waals surface area contributed by atoms with Gasteiger partial charge in [0.25, 0.3) is 0 Å². The van der Waals surface area contributed by atoms with E-state index in [1.54, 1.807) is 6.07 Å². The van der Waals surface area contributed by atoms with Crippen LogP contribution in [0.2, 0.25) is 0 Å². The van der Waals surface area contributed by atoms with Gasteiger partial charge in [-0.3, -0.25) is 0 Å². The van der Waals surface area contributed by atoms with Crippen molar-refractivity contribution in [3.63, 3.8) is 0 Å². The Morgan fingerprint density at radius 1 is 1.27 bits per heavy atom. The predicted octanol–water partition coefficient (Wildman–Crippen LogP) is 3.03. The highest BCUT2D eigenvalue weighted by molar-refractivity contribution is 9.14. The van der Waals surface area contributed by atoms with Gasteiger partial charge >= 0.3 is 0 Å². The molecule has 1 aromatic carbocycles. The second-order valence-electron chi connectivity index (χ2n) is 2.53. The number of carbonyl (C=O) groups excluding carboxylic acids is 1. The molecule has 0 atom stereocenters. The van der Waals surface area contributed by atoms with Gasteiger partial charge in [0, 0.05) is 24.6 Å². The van der Waals surface area contributed by atoms with Crippen LogP contribution in [0.15, 0.2) is 31.9 Å². The number of carboxylic acid groups (broad SMARTS) is 1. The highest BCUT2D eigenvalue weighted by Crippen LogP contribution is 2.36. The molecule has 0 N–H and O–H groups in total. The molecule has 0 aromatic heterocycles. The maximum atomic E-state index is 12.4. The normalized spacial score (nSPS) is 11.6. The second kappa shape index (κ2) is 5.23. The van der Waals surface area contributed by atoms with Crippen molar-refractivity contribution in [3.8, 4) is 0 Å². The van der Waals surface area contributed by atoms with Crippen LogP contribution in [0.25, 0.3) is 5.57 Å². The van der Waals surface area contributed by atoms with E-state index in [0.29, 0.717) is 8.95 Å². The number of aliphatic carboxylic acids is 1. The molecule has 0 amide bonds. The Morgan fingerprint density at radius 3 is 2.33 bits per heavy atom. The van der Waals surface area contributed by atoms with Crippen molar-refractivity contribution in [2.75, 3.05) is 0 Å². The molecule has 0 fully saturated rings. The Balaban J connectivity index is 3.39. The fourth-order valence-electron chi connectivity index (χ4n) is 0.947. The minimum absolute atomic E-state index is 0.00969. The lowest BCUT2D eigenvalue weighted by Crippen LogP contribution is -2.23. The summed E-state index contributed by atoms with van der Waals surface area (Å²) in [6.45, 7) is 0. The van der Waals surface area contributed by atoms with Gasteiger partial charge in [-0.15, -0.1) is 0 Å². The van der Waals surface area contributed by atoms with Crippen LogP contribution in [0, 0.1) is 0 Å². The first-order valence-corrected chi connectivity index (χ1v) is 6.02. The topological polar surface area (TPSA) is 40.1 Å². The molecule has 80 valence electrons. The molecule has 0 bridgehead atoms. The van der Waals surface area contributed by atoms with Gasteiger partial charge < -0.3 is 9.90 Å². The molecule has 1 aromatic rings. The van der Waals surface area contributed by atoms with E-state index in [2.05, 4.69) is 47.8 Å². The number of carbonyl (C=O) groups is 1. The van der Waals surface area contributed by atoms with Crippen molar-refractivity contribution in [2.24, 2.45) is 0 Å². The first-order chi connectivity index (χ1) is 6.99. The molecule has 0 heterocycles. The SMILES string of the molecule is O=C([O-])/C(=C\F)c1ccc(Br)c(Br)c1Br. The number of hydrogen-bond acceptors (Lipinski definition) is 2. The molecule has 0 aliphatic carbocycles. The summed E-state index contributed by atoms with van der Waals surface area (Å²) in [4.78, 5) is 10.6. The number of halogens is 4. The molecular weight excluding hydrogens is 399 g/mol. The summed E-state index contributed by atoms with van der Waals surface area (Å²) in [6, 6.07) is 3.08. The van der Waals surface area contributed by atoms with E-state index in [4.69, 9.17) is 0 Å². The van der Waals surface area contributed by atoms with Crippen molar-refractivity contribution in [3.05, 3.63) is 37.4 Å². The van der Waals surface area contributed by atoms with Crippen LogP contribution in [-0.4, -0.2) is 5.97 Å². The summed E-state index contributed by atoms with van der Waals surface area (Å²) in [5.41, 5.74) is -0.289. The Hall–Kier alpha value is -0.200. The Labute approximate surface area is 111 Å². The van der Waals surface area contributed by atoms with Gasteiger partial charge in [-0.1, -0.05) is 6.07 Å². The molecule has 0 aliphatic rings. The number of rotatable bonds is 2. The zero-order valence-electron chi connectivity index (χ0n) is 7.06. The predicted molar refractivity (Wildman–Crippen MR) is 63.6 cm³/mol. The van der Waals surface area contributed by atoms with E-state index in [1.807, 2.05) is 0 Å². The molecule has 0 saturated heterocycles. The number of carboxylic acids is 1. The molecule has 1 rings (SSSR count). The molecule has 0 aliphatic heterocycles. The average Bonchev–Trinajstić information content (AvgIpc) is 2.18. The van der Waals surface area contributed by atoms with Gasteiger partial charge in [0.2, 0.25) is 0 Å². The molecular formula is C9H3Br3FO2-. The van der Waals surface area contributed by atoms with Crippen molar-refractivity contribution in [1.29, 1.82) is 0 Å². The smallest absolute Gasteiger partial charge is 0.0963 e. The summed E-state index contributed by atoms with van der Waals surface area (Å²) in [5.74, 6) is -1.56. The van der Waals surface area contributed by atoms with Crippen LogP contribution in [0.1, 0.15) is 5.56 Å². The van der Waals surface area contributed by atoms with Crippen LogP contribution >= 0.6 is 47.8 Å². The average molecular weight is 402 g/mol. The minimum atomic E-state index is -1.56. The molecule has 0 unspecified atom stereocenters. The van der Waals surface area contributed by atoms with Crippen LogP contribution in [0.5, 0.6) is 0 Å². The lowest BCUT2D eigenvalue weighted by Gasteiger charge is -2.11.